The number of fused-ring (bicyclic) bond motifs is 6. The summed E-state index contributed by atoms with van der Waals surface area (Å²) in [7, 11) is -5.66. The van der Waals surface area contributed by atoms with E-state index in [-0.39, 0.29) is 21.4 Å². The van der Waals surface area contributed by atoms with Gasteiger partial charge in [0.15, 0.2) is 0 Å². The predicted molar refractivity (Wildman–Crippen MR) is 148 cm³/mol. The van der Waals surface area contributed by atoms with Crippen molar-refractivity contribution in [1.82, 2.24) is 5.73 Å². The standard InChI is InChI=1S/C28H44NOSi3/c1-18-13-19-15-22(26(2,3)4)17-24(23(19)14-18)27-20-11-12-21(16-20)28(27,25(29)30)32(7,8)33(9,10)31(27,5)6/h13,15,17,20-21,29H,11-12,14,16H2,1-10H3. The van der Waals surface area contributed by atoms with Crippen LogP contribution in [0.15, 0.2) is 17.7 Å². The van der Waals surface area contributed by atoms with Crippen LogP contribution in [0.25, 0.3) is 6.08 Å². The first kappa shape index (κ1) is 23.8. The largest absolute Gasteiger partial charge is 0.273 e. The van der Waals surface area contributed by atoms with Crippen molar-refractivity contribution in [3.8, 4) is 0 Å². The Labute approximate surface area is 204 Å². The van der Waals surface area contributed by atoms with Gasteiger partial charge in [0.1, 0.15) is 0 Å². The summed E-state index contributed by atoms with van der Waals surface area (Å²) in [5.74, 6) is 0.877. The normalized spacial score (nSPS) is 37.1. The second-order valence-corrected chi connectivity index (χ2v) is 42.4. The molecule has 33 heavy (non-hydrogen) atoms. The average molecular weight is 495 g/mol. The number of carbonyl (C=O) groups is 1. The van der Waals surface area contributed by atoms with E-state index in [1.807, 2.05) is 0 Å². The number of hydrogen-bond donors (Lipinski definition) is 0. The number of hydrogen-bond acceptors (Lipinski definition) is 1. The Morgan fingerprint density at radius 3 is 2.18 bits per heavy atom. The van der Waals surface area contributed by atoms with E-state index in [9.17, 15) is 4.79 Å². The van der Waals surface area contributed by atoms with Crippen LogP contribution in [0, 0.1) is 11.8 Å². The van der Waals surface area contributed by atoms with Gasteiger partial charge in [0.25, 0.3) is 0 Å². The molecule has 0 aromatic heterocycles. The first-order chi connectivity index (χ1) is 15.0. The van der Waals surface area contributed by atoms with E-state index >= 15 is 0 Å². The molecular weight excluding hydrogens is 451 g/mol. The van der Waals surface area contributed by atoms with Crippen LogP contribution in [0.2, 0.25) is 44.3 Å². The van der Waals surface area contributed by atoms with Crippen LogP contribution >= 0.6 is 0 Å². The van der Waals surface area contributed by atoms with Gasteiger partial charge in [-0.2, -0.15) is 0 Å². The van der Waals surface area contributed by atoms with E-state index in [4.69, 9.17) is 5.73 Å². The van der Waals surface area contributed by atoms with E-state index < -0.39 is 22.3 Å². The molecular formula is C28H44NOSi3. The summed E-state index contributed by atoms with van der Waals surface area (Å²) in [4.78, 5) is 14.0. The van der Waals surface area contributed by atoms with Gasteiger partial charge in [-0.05, 0) is 72.1 Å². The smallest absolute Gasteiger partial charge is 0.242 e. The molecule has 2 nitrogen and oxygen atoms in total. The summed E-state index contributed by atoms with van der Waals surface area (Å²) < 4.78 is 0. The van der Waals surface area contributed by atoms with Crippen LogP contribution < -0.4 is 5.73 Å². The minimum absolute atomic E-state index is 0.0446. The molecule has 0 spiro atoms. The molecule has 1 aromatic carbocycles. The van der Waals surface area contributed by atoms with Crippen molar-refractivity contribution in [2.75, 3.05) is 0 Å². The van der Waals surface area contributed by atoms with E-state index in [1.54, 1.807) is 5.56 Å². The van der Waals surface area contributed by atoms with Gasteiger partial charge in [0.05, 0.1) is 20.2 Å². The van der Waals surface area contributed by atoms with Crippen molar-refractivity contribution < 1.29 is 4.79 Å². The highest BCUT2D eigenvalue weighted by Crippen LogP contribution is 2.83. The molecule has 2 saturated carbocycles. The van der Waals surface area contributed by atoms with Crippen LogP contribution in [0.3, 0.4) is 0 Å². The van der Waals surface area contributed by atoms with Gasteiger partial charge in [-0.15, -0.1) is 0 Å². The minimum Gasteiger partial charge on any atom is -0.273 e. The SMILES string of the molecule is CC1=Cc2cc(C(C)(C)C)cc(C34C5CCC(C5)C3(C([NH])=O)[Si](C)(C)[Si](C)(C)[Si]4(C)C)c2C1. The third kappa shape index (κ3) is 2.29. The maximum absolute atomic E-state index is 14.0. The van der Waals surface area contributed by atoms with Gasteiger partial charge >= 0.3 is 0 Å². The second-order valence-electron chi connectivity index (χ2n) is 14.5. The molecule has 3 aliphatic carbocycles. The molecule has 1 heterocycles. The van der Waals surface area contributed by atoms with E-state index in [0.717, 1.165) is 6.42 Å². The van der Waals surface area contributed by atoms with Crippen molar-refractivity contribution >= 4 is 34.3 Å². The van der Waals surface area contributed by atoms with Crippen molar-refractivity contribution in [3.05, 3.63) is 40.0 Å². The van der Waals surface area contributed by atoms with E-state index in [0.29, 0.717) is 11.8 Å². The fourth-order valence-electron chi connectivity index (χ4n) is 10.0. The molecule has 2 bridgehead atoms. The maximum atomic E-state index is 14.0. The lowest BCUT2D eigenvalue weighted by atomic mass is 9.69. The predicted octanol–water partition coefficient (Wildman–Crippen LogP) is 7.00. The van der Waals surface area contributed by atoms with Crippen molar-refractivity contribution in [3.63, 3.8) is 0 Å². The Morgan fingerprint density at radius 1 is 1.00 bits per heavy atom. The fraction of sp³-hybridized carbons (Fsp3) is 0.679. The van der Waals surface area contributed by atoms with Crippen molar-refractivity contribution in [2.24, 2.45) is 11.8 Å². The highest BCUT2D eigenvalue weighted by Gasteiger charge is 2.89. The molecule has 1 saturated heterocycles. The highest BCUT2D eigenvalue weighted by atomic mass is 29.6. The second kappa shape index (κ2) is 6.44. The average Bonchev–Trinajstić information content (AvgIpc) is 3.37. The Balaban J connectivity index is 1.98. The van der Waals surface area contributed by atoms with Gasteiger partial charge in [-0.25, -0.2) is 0 Å². The summed E-state index contributed by atoms with van der Waals surface area (Å²) in [5.41, 5.74) is 16.5. The number of rotatable bonds is 2. The topological polar surface area (TPSA) is 40.9 Å². The van der Waals surface area contributed by atoms with Gasteiger partial charge in [0.2, 0.25) is 5.91 Å². The lowest BCUT2D eigenvalue weighted by molar-refractivity contribution is -0.124. The summed E-state index contributed by atoms with van der Waals surface area (Å²) in [6.07, 6.45) is 7.09. The molecule has 5 rings (SSSR count). The number of amides is 1. The lowest BCUT2D eigenvalue weighted by Crippen LogP contribution is -2.69. The van der Waals surface area contributed by atoms with E-state index in [2.05, 4.69) is 85.2 Å². The van der Waals surface area contributed by atoms with Gasteiger partial charge < -0.3 is 0 Å². The molecule has 1 radical (unpaired) electrons. The Kier molecular flexibility index (Phi) is 4.65. The monoisotopic (exact) mass is 494 g/mol. The van der Waals surface area contributed by atoms with Gasteiger partial charge in [-0.1, -0.05) is 83.8 Å². The number of carbonyl (C=O) groups excluding carboxylic acids is 1. The molecule has 4 unspecified atom stereocenters. The number of benzene rings is 1. The molecule has 1 amide bonds. The van der Waals surface area contributed by atoms with Crippen LogP contribution in [0.1, 0.15) is 69.2 Å². The zero-order valence-corrected chi connectivity index (χ0v) is 25.6. The molecule has 179 valence electrons. The maximum Gasteiger partial charge on any atom is 0.242 e. The molecule has 1 aromatic rings. The highest BCUT2D eigenvalue weighted by molar-refractivity contribution is 7.72. The Bertz CT molecular complexity index is 1110. The van der Waals surface area contributed by atoms with Crippen LogP contribution in [0.4, 0.5) is 0 Å². The third-order valence-electron chi connectivity index (χ3n) is 12.2. The van der Waals surface area contributed by atoms with Crippen molar-refractivity contribution in [2.45, 2.75) is 108 Å². The van der Waals surface area contributed by atoms with Crippen LogP contribution in [-0.2, 0) is 21.7 Å². The molecule has 1 aliphatic heterocycles. The quantitative estimate of drug-likeness (QED) is 0.408. The number of nitrogens with one attached hydrogen (secondary N) is 1. The Hall–Kier alpha value is -0.919. The lowest BCUT2D eigenvalue weighted by Gasteiger charge is -2.57. The molecule has 3 fully saturated rings. The third-order valence-corrected chi connectivity index (χ3v) is 57.1. The fourth-order valence-corrected chi connectivity index (χ4v) is 54.2. The van der Waals surface area contributed by atoms with Crippen molar-refractivity contribution in [1.29, 1.82) is 0 Å². The van der Waals surface area contributed by atoms with E-state index in [1.165, 1.54) is 41.5 Å². The Morgan fingerprint density at radius 2 is 1.61 bits per heavy atom. The zero-order valence-electron chi connectivity index (χ0n) is 22.6. The molecule has 5 heteroatoms. The van der Waals surface area contributed by atoms with Gasteiger partial charge in [-0.3, -0.25) is 10.5 Å². The van der Waals surface area contributed by atoms with Crippen LogP contribution in [0.5, 0.6) is 0 Å². The zero-order chi connectivity index (χ0) is 24.6. The molecule has 1 N–H and O–H groups in total. The molecule has 4 atom stereocenters. The summed E-state index contributed by atoms with van der Waals surface area (Å²) >= 11 is 0. The molecule has 4 aliphatic rings. The minimum atomic E-state index is -2.02. The van der Waals surface area contributed by atoms with Gasteiger partial charge in [0, 0.05) is 12.1 Å². The number of allylic oxidation sites excluding steroid dienone is 1. The van der Waals surface area contributed by atoms with Crippen LogP contribution in [-0.4, -0.2) is 28.2 Å². The summed E-state index contributed by atoms with van der Waals surface area (Å²) in [6, 6.07) is 5.02. The summed E-state index contributed by atoms with van der Waals surface area (Å²) in [5, 5.41) is -0.424. The first-order valence-corrected chi connectivity index (χ1v) is 24.1. The first-order valence-electron chi connectivity index (χ1n) is 13.1. The summed E-state index contributed by atoms with van der Waals surface area (Å²) in [6.45, 7) is 25.1.